The molecule has 140 valence electrons. The lowest BCUT2D eigenvalue weighted by molar-refractivity contribution is 0.0996. The largest absolute Gasteiger partial charge is 0.484 e. The number of nitrogens with zero attached hydrogens (tertiary/aromatic N) is 2. The molecule has 0 radical (unpaired) electrons. The third-order valence-electron chi connectivity index (χ3n) is 4.68. The Hall–Kier alpha value is -3.74. The average Bonchev–Trinajstić information content (AvgIpc) is 3.13. The van der Waals surface area contributed by atoms with Crippen LogP contribution in [-0.4, -0.2) is 21.8 Å². The fourth-order valence-electron chi connectivity index (χ4n) is 3.34. The zero-order chi connectivity index (χ0) is 19.5. The van der Waals surface area contributed by atoms with Crippen LogP contribution in [-0.2, 0) is 6.42 Å². The van der Waals surface area contributed by atoms with Gasteiger partial charge in [-0.25, -0.2) is 0 Å². The average molecular weight is 374 g/mol. The fraction of sp³-hybridized carbons (Fsp3) is 0.143. The van der Waals surface area contributed by atoms with Crippen LogP contribution in [0.15, 0.2) is 61.2 Å². The number of ether oxygens (including phenoxy) is 1. The van der Waals surface area contributed by atoms with Crippen LogP contribution in [0.2, 0.25) is 0 Å². The van der Waals surface area contributed by atoms with Crippen LogP contribution < -0.4 is 15.8 Å². The molecule has 3 aromatic rings. The lowest BCUT2D eigenvalue weighted by Crippen LogP contribution is -2.13. The number of primary amides is 1. The summed E-state index contributed by atoms with van der Waals surface area (Å²) < 4.78 is 6.05. The first-order valence-corrected chi connectivity index (χ1v) is 8.86. The van der Waals surface area contributed by atoms with Crippen molar-refractivity contribution in [3.05, 3.63) is 83.4 Å². The van der Waals surface area contributed by atoms with E-state index in [1.807, 2.05) is 18.2 Å². The number of pyridine rings is 2. The van der Waals surface area contributed by atoms with Gasteiger partial charge in [0, 0.05) is 29.8 Å². The Morgan fingerprint density at radius 1 is 1.07 bits per heavy atom. The van der Waals surface area contributed by atoms with Crippen molar-refractivity contribution in [1.82, 2.24) is 9.97 Å². The molecule has 2 amide bonds. The van der Waals surface area contributed by atoms with Crippen LogP contribution in [0.5, 0.6) is 5.75 Å². The number of anilines is 1. The normalized spacial score (nSPS) is 14.9. The molecule has 0 spiro atoms. The Bertz CT molecular complexity index is 1040. The molecule has 3 N–H and O–H groups in total. The highest BCUT2D eigenvalue weighted by Gasteiger charge is 2.27. The topological polar surface area (TPSA) is 107 Å². The molecule has 0 aliphatic heterocycles. The first-order valence-electron chi connectivity index (χ1n) is 8.86. The van der Waals surface area contributed by atoms with Gasteiger partial charge in [0.25, 0.3) is 5.91 Å². The summed E-state index contributed by atoms with van der Waals surface area (Å²) in [6, 6.07) is 10.7. The van der Waals surface area contributed by atoms with Crippen molar-refractivity contribution < 1.29 is 14.3 Å². The van der Waals surface area contributed by atoms with Crippen LogP contribution in [0.3, 0.4) is 0 Å². The second kappa shape index (κ2) is 7.48. The zero-order valence-electron chi connectivity index (χ0n) is 15.0. The molecule has 7 nitrogen and oxygen atoms in total. The van der Waals surface area contributed by atoms with Crippen molar-refractivity contribution in [2.24, 2.45) is 5.73 Å². The van der Waals surface area contributed by atoms with Crippen LogP contribution in [0.4, 0.5) is 5.69 Å². The van der Waals surface area contributed by atoms with E-state index in [0.717, 1.165) is 29.7 Å². The minimum atomic E-state index is -0.550. The van der Waals surface area contributed by atoms with Crippen molar-refractivity contribution in [3.8, 4) is 5.75 Å². The summed E-state index contributed by atoms with van der Waals surface area (Å²) in [7, 11) is 0. The van der Waals surface area contributed by atoms with E-state index in [1.54, 1.807) is 36.8 Å². The molecule has 1 aliphatic rings. The van der Waals surface area contributed by atoms with Crippen molar-refractivity contribution in [2.45, 2.75) is 18.9 Å². The third-order valence-corrected chi connectivity index (χ3v) is 4.68. The lowest BCUT2D eigenvalue weighted by Gasteiger charge is -2.16. The Kier molecular flexibility index (Phi) is 4.72. The number of aromatic nitrogens is 2. The van der Waals surface area contributed by atoms with Gasteiger partial charge in [0.1, 0.15) is 11.9 Å². The highest BCUT2D eigenvalue weighted by molar-refractivity contribution is 6.04. The van der Waals surface area contributed by atoms with E-state index in [2.05, 4.69) is 15.3 Å². The van der Waals surface area contributed by atoms with Crippen molar-refractivity contribution in [2.75, 3.05) is 5.32 Å². The second-order valence-corrected chi connectivity index (χ2v) is 6.48. The van der Waals surface area contributed by atoms with E-state index in [-0.39, 0.29) is 12.0 Å². The third kappa shape index (κ3) is 3.55. The van der Waals surface area contributed by atoms with Crippen LogP contribution in [0, 0.1) is 0 Å². The summed E-state index contributed by atoms with van der Waals surface area (Å²) >= 11 is 0. The number of nitrogens with two attached hydrogens (primary N) is 1. The Labute approximate surface area is 161 Å². The van der Waals surface area contributed by atoms with E-state index in [9.17, 15) is 9.59 Å². The lowest BCUT2D eigenvalue weighted by atomic mass is 10.1. The molecule has 1 unspecified atom stereocenters. The molecule has 4 rings (SSSR count). The van der Waals surface area contributed by atoms with Crippen LogP contribution >= 0.6 is 0 Å². The summed E-state index contributed by atoms with van der Waals surface area (Å²) in [6.07, 6.45) is 7.49. The number of nitrogens with one attached hydrogen (secondary N) is 1. The molecule has 0 fully saturated rings. The smallest absolute Gasteiger partial charge is 0.255 e. The summed E-state index contributed by atoms with van der Waals surface area (Å²) in [5.74, 6) is -0.246. The van der Waals surface area contributed by atoms with Crippen molar-refractivity contribution >= 4 is 17.5 Å². The Balaban J connectivity index is 1.55. The first-order chi connectivity index (χ1) is 13.6. The van der Waals surface area contributed by atoms with Crippen LogP contribution in [0.1, 0.15) is 44.4 Å². The van der Waals surface area contributed by atoms with Gasteiger partial charge in [-0.05, 0) is 48.2 Å². The number of hydrogen-bond donors (Lipinski definition) is 2. The van der Waals surface area contributed by atoms with Gasteiger partial charge >= 0.3 is 0 Å². The number of carbonyl (C=O) groups excluding carboxylic acids is 2. The highest BCUT2D eigenvalue weighted by atomic mass is 16.5. The molecule has 2 aromatic heterocycles. The summed E-state index contributed by atoms with van der Waals surface area (Å²) in [5.41, 5.74) is 8.99. The SMILES string of the molecule is NC(=O)c1cncc(OC2CCc3c(NC(=O)c4ccncc4)cccc32)c1. The number of benzene rings is 1. The molecular weight excluding hydrogens is 356 g/mol. The molecule has 1 aromatic carbocycles. The summed E-state index contributed by atoms with van der Waals surface area (Å²) in [4.78, 5) is 31.7. The molecule has 1 atom stereocenters. The zero-order valence-corrected chi connectivity index (χ0v) is 15.0. The molecule has 0 saturated carbocycles. The number of fused-ring (bicyclic) bond motifs is 1. The minimum Gasteiger partial charge on any atom is -0.484 e. The number of amides is 2. The van der Waals surface area contributed by atoms with Gasteiger partial charge in [0.15, 0.2) is 0 Å². The van der Waals surface area contributed by atoms with Gasteiger partial charge in [-0.3, -0.25) is 19.6 Å². The maximum Gasteiger partial charge on any atom is 0.255 e. The van der Waals surface area contributed by atoms with Gasteiger partial charge in [0.2, 0.25) is 5.91 Å². The van der Waals surface area contributed by atoms with Gasteiger partial charge in [-0.2, -0.15) is 0 Å². The molecule has 7 heteroatoms. The van der Waals surface area contributed by atoms with E-state index in [4.69, 9.17) is 10.5 Å². The van der Waals surface area contributed by atoms with E-state index in [1.165, 1.54) is 6.20 Å². The molecule has 28 heavy (non-hydrogen) atoms. The van der Waals surface area contributed by atoms with Gasteiger partial charge in [-0.1, -0.05) is 12.1 Å². The fourth-order valence-corrected chi connectivity index (χ4v) is 3.34. The molecule has 2 heterocycles. The molecule has 0 bridgehead atoms. The Morgan fingerprint density at radius 3 is 2.68 bits per heavy atom. The van der Waals surface area contributed by atoms with Crippen LogP contribution in [0.25, 0.3) is 0 Å². The quantitative estimate of drug-likeness (QED) is 0.714. The van der Waals surface area contributed by atoms with Crippen molar-refractivity contribution in [1.29, 1.82) is 0 Å². The monoisotopic (exact) mass is 374 g/mol. The maximum atomic E-state index is 12.5. The predicted octanol–water partition coefficient (Wildman–Crippen LogP) is 2.89. The standard InChI is InChI=1S/C21H18N4O3/c22-20(26)14-10-15(12-24-11-14)28-19-5-4-16-17(19)2-1-3-18(16)25-21(27)13-6-8-23-9-7-13/h1-3,6-12,19H,4-5H2,(H2,22,26)(H,25,27). The van der Waals surface area contributed by atoms with E-state index in [0.29, 0.717) is 16.9 Å². The minimum absolute atomic E-state index is 0.182. The molecule has 1 aliphatic carbocycles. The molecular formula is C21H18N4O3. The highest BCUT2D eigenvalue weighted by Crippen LogP contribution is 2.38. The summed E-state index contributed by atoms with van der Waals surface area (Å²) in [5, 5.41) is 2.97. The molecule has 0 saturated heterocycles. The van der Waals surface area contributed by atoms with Gasteiger partial charge in [0.05, 0.1) is 11.8 Å². The second-order valence-electron chi connectivity index (χ2n) is 6.48. The van der Waals surface area contributed by atoms with E-state index >= 15 is 0 Å². The van der Waals surface area contributed by atoms with Crippen molar-refractivity contribution in [3.63, 3.8) is 0 Å². The Morgan fingerprint density at radius 2 is 1.89 bits per heavy atom. The summed E-state index contributed by atoms with van der Waals surface area (Å²) in [6.45, 7) is 0. The number of carbonyl (C=O) groups is 2. The van der Waals surface area contributed by atoms with Gasteiger partial charge < -0.3 is 15.8 Å². The van der Waals surface area contributed by atoms with Gasteiger partial charge in [-0.15, -0.1) is 0 Å². The number of rotatable bonds is 5. The first kappa shape index (κ1) is 17.7. The maximum absolute atomic E-state index is 12.5. The van der Waals surface area contributed by atoms with E-state index < -0.39 is 5.91 Å². The predicted molar refractivity (Wildman–Crippen MR) is 103 cm³/mol. The number of hydrogen-bond acceptors (Lipinski definition) is 5.